The van der Waals surface area contributed by atoms with Crippen LogP contribution in [0.2, 0.25) is 0 Å². The minimum absolute atomic E-state index is 0.159. The first-order valence-electron chi connectivity index (χ1n) is 7.39. The highest BCUT2D eigenvalue weighted by Crippen LogP contribution is 2.19. The van der Waals surface area contributed by atoms with Crippen molar-refractivity contribution in [2.24, 2.45) is 7.05 Å². The van der Waals surface area contributed by atoms with Crippen LogP contribution in [0.5, 0.6) is 0 Å². The number of rotatable bonds is 5. The molecule has 122 valence electrons. The molecule has 7 heteroatoms. The van der Waals surface area contributed by atoms with Gasteiger partial charge in [-0.15, -0.1) is 5.10 Å². The third-order valence-corrected chi connectivity index (χ3v) is 4.12. The molecular weight excluding hydrogens is 322 g/mol. The smallest absolute Gasteiger partial charge is 0.255 e. The molecule has 0 saturated carbocycles. The van der Waals surface area contributed by atoms with Crippen LogP contribution in [0.4, 0.5) is 5.69 Å². The number of anilines is 1. The number of tetrazole rings is 1. The maximum atomic E-state index is 12.5. The molecule has 0 aliphatic heterocycles. The van der Waals surface area contributed by atoms with Crippen LogP contribution < -0.4 is 5.32 Å². The first-order valence-corrected chi connectivity index (χ1v) is 8.79. The van der Waals surface area contributed by atoms with Gasteiger partial charge in [-0.3, -0.25) is 4.79 Å². The Morgan fingerprint density at radius 1 is 1.21 bits per heavy atom. The van der Waals surface area contributed by atoms with Gasteiger partial charge in [-0.05, 0) is 46.5 Å². The Bertz CT molecular complexity index is 861. The van der Waals surface area contributed by atoms with E-state index in [0.717, 1.165) is 17.0 Å². The molecule has 3 rings (SSSR count). The van der Waals surface area contributed by atoms with Crippen molar-refractivity contribution < 1.29 is 4.79 Å². The monoisotopic (exact) mass is 339 g/mol. The second-order valence-electron chi connectivity index (χ2n) is 5.29. The summed E-state index contributed by atoms with van der Waals surface area (Å²) in [7, 11) is 1.76. The molecule has 1 aromatic heterocycles. The summed E-state index contributed by atoms with van der Waals surface area (Å²) in [5.41, 5.74) is 3.33. The van der Waals surface area contributed by atoms with E-state index >= 15 is 0 Å². The molecule has 0 unspecified atom stereocenters. The molecule has 3 aromatic rings. The maximum Gasteiger partial charge on any atom is 0.255 e. The van der Waals surface area contributed by atoms with Crippen LogP contribution in [0.25, 0.3) is 11.4 Å². The molecule has 0 saturated heterocycles. The van der Waals surface area contributed by atoms with Gasteiger partial charge in [0.15, 0.2) is 5.82 Å². The number of aromatic nitrogens is 4. The molecule has 0 fully saturated rings. The van der Waals surface area contributed by atoms with Crippen LogP contribution in [0.15, 0.2) is 48.5 Å². The molecule has 0 atom stereocenters. The topological polar surface area (TPSA) is 72.7 Å². The molecule has 6 nitrogen and oxygen atoms in total. The number of nitrogens with zero attached hydrogens (tertiary/aromatic N) is 4. The Kier molecular flexibility index (Phi) is 4.90. The Morgan fingerprint density at radius 3 is 2.79 bits per heavy atom. The van der Waals surface area contributed by atoms with Gasteiger partial charge in [-0.25, -0.2) is 4.68 Å². The van der Waals surface area contributed by atoms with Crippen LogP contribution in [0.1, 0.15) is 15.9 Å². The zero-order valence-electron chi connectivity index (χ0n) is 13.4. The molecule has 1 N–H and O–H groups in total. The third-order valence-electron chi connectivity index (χ3n) is 3.50. The highest BCUT2D eigenvalue weighted by molar-refractivity contribution is 7.97. The Morgan fingerprint density at radius 2 is 2.04 bits per heavy atom. The van der Waals surface area contributed by atoms with Gasteiger partial charge in [-0.2, -0.15) is 11.8 Å². The van der Waals surface area contributed by atoms with Crippen molar-refractivity contribution in [2.75, 3.05) is 11.6 Å². The largest absolute Gasteiger partial charge is 0.322 e. The van der Waals surface area contributed by atoms with Gasteiger partial charge >= 0.3 is 0 Å². The summed E-state index contributed by atoms with van der Waals surface area (Å²) in [5, 5.41) is 14.4. The number of aryl methyl sites for hydroxylation is 1. The van der Waals surface area contributed by atoms with E-state index in [2.05, 4.69) is 27.1 Å². The van der Waals surface area contributed by atoms with Crippen LogP contribution in [-0.2, 0) is 12.8 Å². The second-order valence-corrected chi connectivity index (χ2v) is 6.16. The number of carbonyl (C=O) groups excluding carboxylic acids is 1. The number of hydrogen-bond donors (Lipinski definition) is 1. The van der Waals surface area contributed by atoms with E-state index in [9.17, 15) is 4.79 Å². The number of thioether (sulfide) groups is 1. The van der Waals surface area contributed by atoms with E-state index in [-0.39, 0.29) is 5.91 Å². The average molecular weight is 339 g/mol. The molecular formula is C17H17N5OS. The summed E-state index contributed by atoms with van der Waals surface area (Å²) in [6.07, 6.45) is 2.05. The Labute approximate surface area is 144 Å². The van der Waals surface area contributed by atoms with E-state index in [1.165, 1.54) is 5.56 Å². The Balaban J connectivity index is 1.81. The zero-order chi connectivity index (χ0) is 16.9. The number of carbonyl (C=O) groups is 1. The van der Waals surface area contributed by atoms with Crippen molar-refractivity contribution in [3.63, 3.8) is 0 Å². The zero-order valence-corrected chi connectivity index (χ0v) is 14.2. The lowest BCUT2D eigenvalue weighted by Gasteiger charge is -2.08. The molecule has 0 bridgehead atoms. The van der Waals surface area contributed by atoms with Crippen LogP contribution in [0, 0.1) is 0 Å². The lowest BCUT2D eigenvalue weighted by molar-refractivity contribution is 0.102. The Hall–Kier alpha value is -2.67. The minimum atomic E-state index is -0.159. The summed E-state index contributed by atoms with van der Waals surface area (Å²) in [5.74, 6) is 1.37. The highest BCUT2D eigenvalue weighted by Gasteiger charge is 2.11. The fourth-order valence-electron chi connectivity index (χ4n) is 2.38. The average Bonchev–Trinajstić information content (AvgIpc) is 3.02. The fraction of sp³-hybridized carbons (Fsp3) is 0.176. The standard InChI is InChI=1S/C17H17N5OS/c1-22-16(19-20-21-22)13-6-4-7-14(10-13)17(23)18-15-8-3-5-12(9-15)11-24-2/h3-10H,11H2,1-2H3,(H,18,23). The third kappa shape index (κ3) is 3.62. The first kappa shape index (κ1) is 16.2. The molecule has 2 aromatic carbocycles. The van der Waals surface area contributed by atoms with Gasteiger partial charge in [0.2, 0.25) is 0 Å². The molecule has 0 radical (unpaired) electrons. The summed E-state index contributed by atoms with van der Waals surface area (Å²) >= 11 is 1.75. The van der Waals surface area contributed by atoms with Gasteiger partial charge in [0.25, 0.3) is 5.91 Å². The molecule has 0 spiro atoms. The summed E-state index contributed by atoms with van der Waals surface area (Å²) in [6, 6.07) is 15.1. The van der Waals surface area contributed by atoms with Crippen LogP contribution in [-0.4, -0.2) is 32.4 Å². The minimum Gasteiger partial charge on any atom is -0.322 e. The fourth-order valence-corrected chi connectivity index (χ4v) is 2.90. The maximum absolute atomic E-state index is 12.5. The van der Waals surface area contributed by atoms with Crippen LogP contribution >= 0.6 is 11.8 Å². The van der Waals surface area contributed by atoms with E-state index in [1.54, 1.807) is 35.6 Å². The van der Waals surface area contributed by atoms with E-state index < -0.39 is 0 Å². The second kappa shape index (κ2) is 7.27. The van der Waals surface area contributed by atoms with Crippen LogP contribution in [0.3, 0.4) is 0 Å². The predicted molar refractivity (Wildman–Crippen MR) is 95.8 cm³/mol. The van der Waals surface area contributed by atoms with Crippen molar-refractivity contribution in [3.8, 4) is 11.4 Å². The summed E-state index contributed by atoms with van der Waals surface area (Å²) in [6.45, 7) is 0. The molecule has 0 aliphatic carbocycles. The van der Waals surface area contributed by atoms with Gasteiger partial charge < -0.3 is 5.32 Å². The molecule has 1 heterocycles. The van der Waals surface area contributed by atoms with Crippen molar-refractivity contribution in [3.05, 3.63) is 59.7 Å². The number of benzene rings is 2. The van der Waals surface area contributed by atoms with Crippen molar-refractivity contribution in [1.29, 1.82) is 0 Å². The molecule has 1 amide bonds. The number of amides is 1. The van der Waals surface area contributed by atoms with Crippen molar-refractivity contribution in [2.45, 2.75) is 5.75 Å². The van der Waals surface area contributed by atoms with Gasteiger partial charge in [0.05, 0.1) is 0 Å². The van der Waals surface area contributed by atoms with Gasteiger partial charge in [0, 0.05) is 29.6 Å². The summed E-state index contributed by atoms with van der Waals surface area (Å²) in [4.78, 5) is 12.5. The van der Waals surface area contributed by atoms with E-state index in [0.29, 0.717) is 11.4 Å². The predicted octanol–water partition coefficient (Wildman–Crippen LogP) is 2.99. The van der Waals surface area contributed by atoms with E-state index in [1.807, 2.05) is 36.4 Å². The first-order chi connectivity index (χ1) is 11.7. The number of hydrogen-bond acceptors (Lipinski definition) is 5. The van der Waals surface area contributed by atoms with Crippen molar-refractivity contribution >= 4 is 23.4 Å². The van der Waals surface area contributed by atoms with Gasteiger partial charge in [0.1, 0.15) is 0 Å². The number of nitrogens with one attached hydrogen (secondary N) is 1. The normalized spacial score (nSPS) is 10.6. The van der Waals surface area contributed by atoms with E-state index in [4.69, 9.17) is 0 Å². The lowest BCUT2D eigenvalue weighted by Crippen LogP contribution is -2.12. The summed E-state index contributed by atoms with van der Waals surface area (Å²) < 4.78 is 1.57. The van der Waals surface area contributed by atoms with Gasteiger partial charge in [-0.1, -0.05) is 24.3 Å². The van der Waals surface area contributed by atoms with Crippen molar-refractivity contribution in [1.82, 2.24) is 20.2 Å². The molecule has 0 aliphatic rings. The lowest BCUT2D eigenvalue weighted by atomic mass is 10.1. The SMILES string of the molecule is CSCc1cccc(NC(=O)c2cccc(-c3nnnn3C)c2)c1. The highest BCUT2D eigenvalue weighted by atomic mass is 32.2. The molecule has 24 heavy (non-hydrogen) atoms. The quantitative estimate of drug-likeness (QED) is 0.773.